The molecule has 0 spiro atoms. The van der Waals surface area contributed by atoms with E-state index in [2.05, 4.69) is 10.3 Å². The minimum Gasteiger partial charge on any atom is -0.350 e. The monoisotopic (exact) mass is 273 g/mol. The van der Waals surface area contributed by atoms with Crippen molar-refractivity contribution in [2.75, 3.05) is 0 Å². The molecule has 5 heteroatoms. The summed E-state index contributed by atoms with van der Waals surface area (Å²) in [5.74, 6) is -0.184. The molecular formula is C15H19N3O2. The van der Waals surface area contributed by atoms with Gasteiger partial charge < -0.3 is 5.32 Å². The topological polar surface area (TPSA) is 64.0 Å². The molecule has 0 aliphatic carbocycles. The Balaban J connectivity index is 2.24. The van der Waals surface area contributed by atoms with Gasteiger partial charge in [0, 0.05) is 5.54 Å². The SMILES string of the molecule is CCC(C)(C)NC(=O)Cn1cnc2ccccc2c1=O. The third-order valence-electron chi connectivity index (χ3n) is 3.41. The highest BCUT2D eigenvalue weighted by molar-refractivity contribution is 5.79. The first kappa shape index (κ1) is 14.2. The Hall–Kier alpha value is -2.17. The molecule has 1 amide bonds. The molecule has 1 aromatic heterocycles. The Morgan fingerprint density at radius 1 is 1.35 bits per heavy atom. The third-order valence-corrected chi connectivity index (χ3v) is 3.41. The zero-order valence-electron chi connectivity index (χ0n) is 12.0. The summed E-state index contributed by atoms with van der Waals surface area (Å²) in [6.07, 6.45) is 2.24. The van der Waals surface area contributed by atoms with E-state index in [0.29, 0.717) is 10.9 Å². The largest absolute Gasteiger partial charge is 0.350 e. The molecule has 2 aromatic rings. The molecule has 106 valence electrons. The lowest BCUT2D eigenvalue weighted by Gasteiger charge is -2.24. The van der Waals surface area contributed by atoms with Crippen LogP contribution < -0.4 is 10.9 Å². The Morgan fingerprint density at radius 2 is 2.05 bits per heavy atom. The van der Waals surface area contributed by atoms with Gasteiger partial charge in [-0.1, -0.05) is 19.1 Å². The van der Waals surface area contributed by atoms with Crippen molar-refractivity contribution in [2.24, 2.45) is 0 Å². The normalized spacial score (nSPS) is 11.6. The summed E-state index contributed by atoms with van der Waals surface area (Å²) in [7, 11) is 0. The molecule has 1 aromatic carbocycles. The summed E-state index contributed by atoms with van der Waals surface area (Å²) in [5, 5.41) is 3.43. The maximum Gasteiger partial charge on any atom is 0.261 e. The van der Waals surface area contributed by atoms with Crippen LogP contribution in [0.25, 0.3) is 10.9 Å². The van der Waals surface area contributed by atoms with Gasteiger partial charge in [-0.2, -0.15) is 0 Å². The molecule has 20 heavy (non-hydrogen) atoms. The quantitative estimate of drug-likeness (QED) is 0.922. The molecule has 0 aliphatic heterocycles. The first-order chi connectivity index (χ1) is 9.43. The van der Waals surface area contributed by atoms with Crippen LogP contribution in [0.2, 0.25) is 0 Å². The number of hydrogen-bond donors (Lipinski definition) is 1. The summed E-state index contributed by atoms with van der Waals surface area (Å²) >= 11 is 0. The number of para-hydroxylation sites is 1. The highest BCUT2D eigenvalue weighted by atomic mass is 16.2. The molecule has 0 aliphatic rings. The average molecular weight is 273 g/mol. The Bertz CT molecular complexity index is 689. The summed E-state index contributed by atoms with van der Waals surface area (Å²) < 4.78 is 1.34. The molecule has 0 unspecified atom stereocenters. The number of carbonyl (C=O) groups excluding carboxylic acids is 1. The zero-order chi connectivity index (χ0) is 14.8. The lowest BCUT2D eigenvalue weighted by molar-refractivity contribution is -0.123. The van der Waals surface area contributed by atoms with Gasteiger partial charge >= 0.3 is 0 Å². The van der Waals surface area contributed by atoms with Crippen LogP contribution in [0, 0.1) is 0 Å². The van der Waals surface area contributed by atoms with Gasteiger partial charge in [-0.25, -0.2) is 4.98 Å². The lowest BCUT2D eigenvalue weighted by Crippen LogP contribution is -2.45. The van der Waals surface area contributed by atoms with E-state index >= 15 is 0 Å². The highest BCUT2D eigenvalue weighted by Gasteiger charge is 2.18. The number of benzene rings is 1. The molecule has 0 fully saturated rings. The number of amides is 1. The van der Waals surface area contributed by atoms with Crippen LogP contribution in [0.5, 0.6) is 0 Å². The maximum atomic E-state index is 12.2. The van der Waals surface area contributed by atoms with E-state index in [1.54, 1.807) is 18.2 Å². The standard InChI is InChI=1S/C15H19N3O2/c1-4-15(2,3)17-13(19)9-18-10-16-12-8-6-5-7-11(12)14(18)20/h5-8,10H,4,9H2,1-3H3,(H,17,19). The number of carbonyl (C=O) groups is 1. The third kappa shape index (κ3) is 3.04. The number of nitrogens with zero attached hydrogens (tertiary/aromatic N) is 2. The van der Waals surface area contributed by atoms with Gasteiger partial charge in [0.2, 0.25) is 5.91 Å². The van der Waals surface area contributed by atoms with Gasteiger partial charge in [0.05, 0.1) is 17.2 Å². The minimum absolute atomic E-state index is 0.0138. The number of hydrogen-bond acceptors (Lipinski definition) is 3. The van der Waals surface area contributed by atoms with Crippen molar-refractivity contribution in [3.63, 3.8) is 0 Å². The zero-order valence-corrected chi connectivity index (χ0v) is 12.0. The molecule has 5 nitrogen and oxygen atoms in total. The molecule has 1 heterocycles. The van der Waals surface area contributed by atoms with E-state index in [4.69, 9.17) is 0 Å². The second-order valence-corrected chi connectivity index (χ2v) is 5.48. The van der Waals surface area contributed by atoms with Crippen LogP contribution in [0.3, 0.4) is 0 Å². The van der Waals surface area contributed by atoms with Crippen LogP contribution in [0.4, 0.5) is 0 Å². The number of aromatic nitrogens is 2. The van der Waals surface area contributed by atoms with Crippen molar-refractivity contribution < 1.29 is 4.79 Å². The molecule has 0 saturated carbocycles. The molecule has 2 rings (SSSR count). The van der Waals surface area contributed by atoms with Crippen LogP contribution in [0.15, 0.2) is 35.4 Å². The second-order valence-electron chi connectivity index (χ2n) is 5.48. The molecular weight excluding hydrogens is 254 g/mol. The van der Waals surface area contributed by atoms with Crippen LogP contribution in [-0.4, -0.2) is 21.0 Å². The van der Waals surface area contributed by atoms with Gasteiger partial charge in [-0.05, 0) is 32.4 Å². The number of fused-ring (bicyclic) bond motifs is 1. The van der Waals surface area contributed by atoms with E-state index in [-0.39, 0.29) is 23.6 Å². The van der Waals surface area contributed by atoms with E-state index in [1.807, 2.05) is 26.8 Å². The van der Waals surface area contributed by atoms with Gasteiger partial charge in [0.15, 0.2) is 0 Å². The molecule has 0 bridgehead atoms. The first-order valence-corrected chi connectivity index (χ1v) is 6.68. The lowest BCUT2D eigenvalue weighted by atomic mass is 10.0. The summed E-state index contributed by atoms with van der Waals surface area (Å²) in [6, 6.07) is 7.11. The van der Waals surface area contributed by atoms with E-state index in [0.717, 1.165) is 6.42 Å². The van der Waals surface area contributed by atoms with E-state index < -0.39 is 0 Å². The second kappa shape index (κ2) is 5.45. The van der Waals surface area contributed by atoms with Crippen LogP contribution >= 0.6 is 0 Å². The van der Waals surface area contributed by atoms with Crippen molar-refractivity contribution in [1.29, 1.82) is 0 Å². The van der Waals surface area contributed by atoms with Crippen LogP contribution in [-0.2, 0) is 11.3 Å². The fraction of sp³-hybridized carbons (Fsp3) is 0.400. The number of rotatable bonds is 4. The Kier molecular flexibility index (Phi) is 3.88. The Morgan fingerprint density at radius 3 is 2.75 bits per heavy atom. The maximum absolute atomic E-state index is 12.2. The average Bonchev–Trinajstić information content (AvgIpc) is 2.42. The summed E-state index contributed by atoms with van der Waals surface area (Å²) in [6.45, 7) is 5.89. The smallest absolute Gasteiger partial charge is 0.261 e. The van der Waals surface area contributed by atoms with E-state index in [9.17, 15) is 9.59 Å². The summed E-state index contributed by atoms with van der Waals surface area (Å²) in [5.41, 5.74) is 0.174. The van der Waals surface area contributed by atoms with Crippen molar-refractivity contribution in [3.05, 3.63) is 40.9 Å². The van der Waals surface area contributed by atoms with E-state index in [1.165, 1.54) is 10.9 Å². The fourth-order valence-corrected chi connectivity index (χ4v) is 1.88. The summed E-state index contributed by atoms with van der Waals surface area (Å²) in [4.78, 5) is 28.4. The highest BCUT2D eigenvalue weighted by Crippen LogP contribution is 2.07. The first-order valence-electron chi connectivity index (χ1n) is 6.68. The molecule has 0 radical (unpaired) electrons. The molecule has 0 saturated heterocycles. The van der Waals surface area contributed by atoms with Crippen molar-refractivity contribution in [3.8, 4) is 0 Å². The predicted molar refractivity (Wildman–Crippen MR) is 78.5 cm³/mol. The number of nitrogens with one attached hydrogen (secondary N) is 1. The van der Waals surface area contributed by atoms with Crippen molar-refractivity contribution >= 4 is 16.8 Å². The minimum atomic E-state index is -0.273. The molecule has 1 N–H and O–H groups in total. The van der Waals surface area contributed by atoms with Crippen molar-refractivity contribution in [2.45, 2.75) is 39.3 Å². The van der Waals surface area contributed by atoms with Crippen molar-refractivity contribution in [1.82, 2.24) is 14.9 Å². The van der Waals surface area contributed by atoms with Gasteiger partial charge in [0.1, 0.15) is 6.54 Å². The van der Waals surface area contributed by atoms with Crippen LogP contribution in [0.1, 0.15) is 27.2 Å². The van der Waals surface area contributed by atoms with Gasteiger partial charge in [0.25, 0.3) is 5.56 Å². The molecule has 0 atom stereocenters. The Labute approximate surface area is 117 Å². The van der Waals surface area contributed by atoms with Gasteiger partial charge in [-0.3, -0.25) is 14.2 Å². The fourth-order valence-electron chi connectivity index (χ4n) is 1.88. The predicted octanol–water partition coefficient (Wildman–Crippen LogP) is 1.70. The van der Waals surface area contributed by atoms with Gasteiger partial charge in [-0.15, -0.1) is 0 Å².